The van der Waals surface area contributed by atoms with E-state index < -0.39 is 0 Å². The third-order valence-corrected chi connectivity index (χ3v) is 3.47. The molecule has 92 valence electrons. The van der Waals surface area contributed by atoms with Crippen LogP contribution in [0, 0.1) is 0 Å². The van der Waals surface area contributed by atoms with E-state index in [1.807, 2.05) is 4.90 Å². The number of nitrogens with one attached hydrogen (secondary N) is 1. The van der Waals surface area contributed by atoms with E-state index in [1.165, 1.54) is 0 Å². The first-order chi connectivity index (χ1) is 7.66. The largest absolute Gasteiger partial charge is 0.392 e. The van der Waals surface area contributed by atoms with Gasteiger partial charge in [0.1, 0.15) is 0 Å². The van der Waals surface area contributed by atoms with Crippen molar-refractivity contribution in [2.24, 2.45) is 0 Å². The molecule has 16 heavy (non-hydrogen) atoms. The topological polar surface area (TPSA) is 55.8 Å². The Morgan fingerprint density at radius 2 is 2.31 bits per heavy atom. The van der Waals surface area contributed by atoms with E-state index in [9.17, 15) is 9.90 Å². The van der Waals surface area contributed by atoms with Crippen LogP contribution < -0.4 is 5.32 Å². The maximum Gasteiger partial charge on any atom is 0.219 e. The second-order valence-electron chi connectivity index (χ2n) is 4.77. The monoisotopic (exact) mass is 227 g/mol. The Morgan fingerprint density at radius 1 is 1.50 bits per heavy atom. The minimum atomic E-state index is -0.178. The predicted molar refractivity (Wildman–Crippen MR) is 61.1 cm³/mol. The second-order valence-corrected chi connectivity index (χ2v) is 4.77. The molecule has 0 saturated carbocycles. The zero-order chi connectivity index (χ0) is 11.5. The average molecular weight is 227 g/mol. The third kappa shape index (κ3) is 2.72. The number of hydrogen-bond donors (Lipinski definition) is 2. The molecule has 0 spiro atoms. The van der Waals surface area contributed by atoms with Gasteiger partial charge in [-0.2, -0.15) is 0 Å². The van der Waals surface area contributed by atoms with E-state index in [4.69, 9.17) is 0 Å². The van der Waals surface area contributed by atoms with Gasteiger partial charge in [-0.15, -0.1) is 0 Å². The zero-order valence-electron chi connectivity index (χ0n) is 9.85. The normalized spacial score (nSPS) is 32.0. The Kier molecular flexibility index (Phi) is 3.78. The number of rotatable bonds is 2. The van der Waals surface area contributed by atoms with Crippen molar-refractivity contribution in [1.82, 2.24) is 15.1 Å². The molecule has 2 aliphatic rings. The molecule has 2 atom stereocenters. The molecule has 2 rings (SSSR count). The fourth-order valence-corrected chi connectivity index (χ4v) is 2.61. The van der Waals surface area contributed by atoms with E-state index in [1.54, 1.807) is 6.92 Å². The number of piperazine rings is 1. The van der Waals surface area contributed by atoms with E-state index in [0.717, 1.165) is 45.7 Å². The smallest absolute Gasteiger partial charge is 0.219 e. The lowest BCUT2D eigenvalue weighted by Crippen LogP contribution is -2.56. The molecule has 2 saturated heterocycles. The Morgan fingerprint density at radius 3 is 2.94 bits per heavy atom. The molecular weight excluding hydrogens is 206 g/mol. The molecule has 5 nitrogen and oxygen atoms in total. The van der Waals surface area contributed by atoms with Crippen LogP contribution in [-0.4, -0.2) is 72.2 Å². The fraction of sp³-hybridized carbons (Fsp3) is 0.909. The summed E-state index contributed by atoms with van der Waals surface area (Å²) >= 11 is 0. The molecule has 2 N–H and O–H groups in total. The van der Waals surface area contributed by atoms with E-state index >= 15 is 0 Å². The molecule has 0 bridgehead atoms. The third-order valence-electron chi connectivity index (χ3n) is 3.47. The van der Waals surface area contributed by atoms with Crippen LogP contribution in [-0.2, 0) is 4.79 Å². The van der Waals surface area contributed by atoms with Crippen LogP contribution in [0.2, 0.25) is 0 Å². The standard InChI is InChI=1S/C11H21N3O2/c1-9(15)14-5-3-12-6-10(14)7-13-4-2-11(16)8-13/h10-12,16H,2-8H2,1H3/t10?,11-/m0/s1. The number of nitrogens with zero attached hydrogens (tertiary/aromatic N) is 2. The molecular formula is C11H21N3O2. The van der Waals surface area contributed by atoms with Gasteiger partial charge in [0, 0.05) is 46.2 Å². The van der Waals surface area contributed by atoms with Gasteiger partial charge in [-0.05, 0) is 6.42 Å². The molecule has 0 radical (unpaired) electrons. The fourth-order valence-electron chi connectivity index (χ4n) is 2.61. The van der Waals surface area contributed by atoms with Crippen molar-refractivity contribution in [2.45, 2.75) is 25.5 Å². The molecule has 0 aromatic heterocycles. The van der Waals surface area contributed by atoms with Crippen LogP contribution in [0.25, 0.3) is 0 Å². The van der Waals surface area contributed by atoms with Crippen molar-refractivity contribution in [3.63, 3.8) is 0 Å². The molecule has 2 fully saturated rings. The number of carbonyl (C=O) groups is 1. The van der Waals surface area contributed by atoms with Crippen molar-refractivity contribution in [3.8, 4) is 0 Å². The van der Waals surface area contributed by atoms with Crippen LogP contribution in [0.5, 0.6) is 0 Å². The first-order valence-corrected chi connectivity index (χ1v) is 6.05. The molecule has 0 aromatic rings. The molecule has 0 aromatic carbocycles. The summed E-state index contributed by atoms with van der Waals surface area (Å²) in [4.78, 5) is 15.7. The number of amides is 1. The van der Waals surface area contributed by atoms with Crippen LogP contribution in [0.15, 0.2) is 0 Å². The maximum absolute atomic E-state index is 11.5. The summed E-state index contributed by atoms with van der Waals surface area (Å²) < 4.78 is 0. The molecule has 0 aliphatic carbocycles. The number of aliphatic hydroxyl groups excluding tert-OH is 1. The summed E-state index contributed by atoms with van der Waals surface area (Å²) in [5.41, 5.74) is 0. The Balaban J connectivity index is 1.88. The minimum Gasteiger partial charge on any atom is -0.392 e. The Bertz CT molecular complexity index is 260. The SMILES string of the molecule is CC(=O)N1CCNCC1CN1CC[C@H](O)C1. The van der Waals surface area contributed by atoms with E-state index in [-0.39, 0.29) is 18.1 Å². The van der Waals surface area contributed by atoms with Crippen LogP contribution in [0.3, 0.4) is 0 Å². The van der Waals surface area contributed by atoms with Gasteiger partial charge in [0.2, 0.25) is 5.91 Å². The molecule has 5 heteroatoms. The van der Waals surface area contributed by atoms with Crippen LogP contribution in [0.1, 0.15) is 13.3 Å². The average Bonchev–Trinajstić information content (AvgIpc) is 2.64. The van der Waals surface area contributed by atoms with Gasteiger partial charge in [-0.25, -0.2) is 0 Å². The summed E-state index contributed by atoms with van der Waals surface area (Å²) in [6.07, 6.45) is 0.683. The van der Waals surface area contributed by atoms with Gasteiger partial charge in [-0.1, -0.05) is 0 Å². The van der Waals surface area contributed by atoms with Crippen molar-refractivity contribution < 1.29 is 9.90 Å². The van der Waals surface area contributed by atoms with Gasteiger partial charge in [0.05, 0.1) is 12.1 Å². The quantitative estimate of drug-likeness (QED) is 0.627. The molecule has 1 amide bonds. The molecule has 2 heterocycles. The minimum absolute atomic E-state index is 0.159. The highest BCUT2D eigenvalue weighted by Gasteiger charge is 2.28. The predicted octanol–water partition coefficient (Wildman–Crippen LogP) is -1.13. The summed E-state index contributed by atoms with van der Waals surface area (Å²) in [7, 11) is 0. The Labute approximate surface area is 96.4 Å². The lowest BCUT2D eigenvalue weighted by atomic mass is 10.2. The van der Waals surface area contributed by atoms with Gasteiger partial charge >= 0.3 is 0 Å². The highest BCUT2D eigenvalue weighted by atomic mass is 16.3. The van der Waals surface area contributed by atoms with Gasteiger partial charge in [0.15, 0.2) is 0 Å². The molecule has 2 aliphatic heterocycles. The van der Waals surface area contributed by atoms with Crippen molar-refractivity contribution >= 4 is 5.91 Å². The van der Waals surface area contributed by atoms with Crippen molar-refractivity contribution in [3.05, 3.63) is 0 Å². The number of hydrogen-bond acceptors (Lipinski definition) is 4. The molecule has 1 unspecified atom stereocenters. The van der Waals surface area contributed by atoms with Gasteiger partial charge < -0.3 is 15.3 Å². The van der Waals surface area contributed by atoms with Crippen LogP contribution >= 0.6 is 0 Å². The first kappa shape index (κ1) is 11.8. The van der Waals surface area contributed by atoms with Crippen molar-refractivity contribution in [1.29, 1.82) is 0 Å². The summed E-state index contributed by atoms with van der Waals surface area (Å²) in [6, 6.07) is 0.261. The lowest BCUT2D eigenvalue weighted by Gasteiger charge is -2.37. The summed E-state index contributed by atoms with van der Waals surface area (Å²) in [5, 5.41) is 12.8. The zero-order valence-corrected chi connectivity index (χ0v) is 9.85. The van der Waals surface area contributed by atoms with Crippen molar-refractivity contribution in [2.75, 3.05) is 39.3 Å². The number of likely N-dealkylation sites (tertiary alicyclic amines) is 1. The highest BCUT2D eigenvalue weighted by Crippen LogP contribution is 2.12. The maximum atomic E-state index is 11.5. The number of aliphatic hydroxyl groups is 1. The number of carbonyl (C=O) groups excluding carboxylic acids is 1. The van der Waals surface area contributed by atoms with Gasteiger partial charge in [-0.3, -0.25) is 9.69 Å². The van der Waals surface area contributed by atoms with Crippen LogP contribution in [0.4, 0.5) is 0 Å². The summed E-state index contributed by atoms with van der Waals surface area (Å²) in [6.45, 7) is 6.77. The summed E-state index contributed by atoms with van der Waals surface area (Å²) in [5.74, 6) is 0.159. The Hall–Kier alpha value is -0.650. The highest BCUT2D eigenvalue weighted by molar-refractivity contribution is 5.73. The van der Waals surface area contributed by atoms with Gasteiger partial charge in [0.25, 0.3) is 0 Å². The lowest BCUT2D eigenvalue weighted by molar-refractivity contribution is -0.132. The van der Waals surface area contributed by atoms with E-state index in [2.05, 4.69) is 10.2 Å². The second kappa shape index (κ2) is 5.12. The van der Waals surface area contributed by atoms with E-state index in [0.29, 0.717) is 0 Å². The number of β-amino-alcohol motifs (C(OH)–C–C–N with tert-alkyl or cyclic N) is 1. The first-order valence-electron chi connectivity index (χ1n) is 6.05.